The van der Waals surface area contributed by atoms with E-state index in [1.807, 2.05) is 0 Å². The molecule has 1 unspecified atom stereocenters. The molecule has 0 aliphatic heterocycles. The molecular formula is C21H28N7O11P. The minimum atomic E-state index is -4.90. The van der Waals surface area contributed by atoms with Crippen LogP contribution in [0.4, 0.5) is 5.95 Å². The fourth-order valence-corrected chi connectivity index (χ4v) is 6.52. The summed E-state index contributed by atoms with van der Waals surface area (Å²) in [5, 5.41) is 41.8. The summed E-state index contributed by atoms with van der Waals surface area (Å²) < 4.78 is 25.6. The summed E-state index contributed by atoms with van der Waals surface area (Å²) in [5.41, 5.74) is 3.62. The number of rotatable bonds is 8. The van der Waals surface area contributed by atoms with E-state index in [2.05, 4.69) is 19.9 Å². The highest BCUT2D eigenvalue weighted by atomic mass is 31.2. The predicted molar refractivity (Wildman–Crippen MR) is 134 cm³/mol. The van der Waals surface area contributed by atoms with Crippen LogP contribution in [0.1, 0.15) is 24.9 Å². The van der Waals surface area contributed by atoms with E-state index in [1.54, 1.807) is 0 Å². The van der Waals surface area contributed by atoms with E-state index in [4.69, 9.17) is 14.8 Å². The van der Waals surface area contributed by atoms with E-state index in [9.17, 15) is 44.3 Å². The highest BCUT2D eigenvalue weighted by molar-refractivity contribution is 7.47. The molecule has 3 heterocycles. The molecule has 5 rings (SSSR count). The zero-order chi connectivity index (χ0) is 28.9. The Morgan fingerprint density at radius 1 is 1.05 bits per heavy atom. The van der Waals surface area contributed by atoms with E-state index >= 15 is 0 Å². The Kier molecular flexibility index (Phi) is 7.53. The summed E-state index contributed by atoms with van der Waals surface area (Å²) >= 11 is 0. The number of aliphatic hydroxyl groups is 4. The number of hydrogen-bond donors (Lipinski definition) is 8. The van der Waals surface area contributed by atoms with Gasteiger partial charge in [-0.3, -0.25) is 33.2 Å². The number of aliphatic hydroxyl groups excluding tert-OH is 4. The Labute approximate surface area is 223 Å². The van der Waals surface area contributed by atoms with Crippen molar-refractivity contribution in [1.29, 1.82) is 0 Å². The van der Waals surface area contributed by atoms with Gasteiger partial charge in [0.2, 0.25) is 5.95 Å². The van der Waals surface area contributed by atoms with Crippen LogP contribution in [-0.2, 0) is 13.6 Å². The largest absolute Gasteiger partial charge is 0.472 e. The van der Waals surface area contributed by atoms with E-state index in [-0.39, 0.29) is 30.0 Å². The topological polar surface area (TPSA) is 281 Å². The summed E-state index contributed by atoms with van der Waals surface area (Å²) in [4.78, 5) is 58.4. The number of hydrogen-bond acceptors (Lipinski definition) is 13. The molecule has 2 saturated carbocycles. The number of nitrogens with two attached hydrogens (primary N) is 1. The van der Waals surface area contributed by atoms with Gasteiger partial charge in [0.1, 0.15) is 18.3 Å². The van der Waals surface area contributed by atoms with Crippen molar-refractivity contribution in [1.82, 2.24) is 29.1 Å². The van der Waals surface area contributed by atoms with Gasteiger partial charge in [-0.1, -0.05) is 0 Å². The first-order valence-corrected chi connectivity index (χ1v) is 13.7. The molecule has 2 fully saturated rings. The molecule has 218 valence electrons. The Bertz CT molecular complexity index is 1620. The molecule has 18 nitrogen and oxygen atoms in total. The summed E-state index contributed by atoms with van der Waals surface area (Å²) in [6.45, 7) is -1.08. The van der Waals surface area contributed by atoms with Crippen molar-refractivity contribution in [3.63, 3.8) is 0 Å². The van der Waals surface area contributed by atoms with E-state index in [0.717, 1.165) is 10.6 Å². The second kappa shape index (κ2) is 10.6. The maximum absolute atomic E-state index is 12.8. The molecule has 40 heavy (non-hydrogen) atoms. The smallest absolute Gasteiger partial charge is 0.396 e. The summed E-state index contributed by atoms with van der Waals surface area (Å²) in [5.74, 6) is -1.90. The van der Waals surface area contributed by atoms with Gasteiger partial charge in [-0.25, -0.2) is 14.3 Å². The molecule has 3 aromatic rings. The first kappa shape index (κ1) is 28.3. The normalized spacial score (nSPS) is 32.0. The SMILES string of the molecule is Nc1nc2c(ncn2[C@@H]2C[C@H](CO)[C@@H](OP(=O)(O)OC[C@H]3C[C@@H](n4ccc(=O)[nH]c4=O)[C@H](O)[C@@H]3O)[C@H]2O)c(=O)[nH]1. The van der Waals surface area contributed by atoms with Crippen LogP contribution in [0, 0.1) is 11.8 Å². The van der Waals surface area contributed by atoms with Crippen molar-refractivity contribution in [2.75, 3.05) is 18.9 Å². The quantitative estimate of drug-likeness (QED) is 0.122. The number of phosphoric ester groups is 1. The van der Waals surface area contributed by atoms with Gasteiger partial charge >= 0.3 is 13.5 Å². The fourth-order valence-electron chi connectivity index (χ4n) is 5.48. The van der Waals surface area contributed by atoms with Gasteiger partial charge in [0.25, 0.3) is 11.1 Å². The van der Waals surface area contributed by atoms with Crippen LogP contribution in [0.2, 0.25) is 0 Å². The minimum Gasteiger partial charge on any atom is -0.396 e. The molecule has 3 aromatic heterocycles. The lowest BCUT2D eigenvalue weighted by Crippen LogP contribution is -2.37. The summed E-state index contributed by atoms with van der Waals surface area (Å²) in [7, 11) is -4.90. The third kappa shape index (κ3) is 5.15. The standard InChI is InChI=1S/C21H28N7O11P/c22-20-25-18-13(19(34)26-20)23-7-28(18)11-3-8(5-29)17(16(11)33)39-40(36,37)38-6-9-4-10(15(32)14(9)31)27-2-1-12(30)24-21(27)35/h1-2,7-11,14-17,29,31-33H,3-6H2,(H,36,37)(H,24,30,35)(H3,22,25,26,34)/t8-,9-,10-,11-,14-,15+,16+,17-/m1/s1. The van der Waals surface area contributed by atoms with Gasteiger partial charge in [0.05, 0.1) is 31.1 Å². The maximum atomic E-state index is 12.8. The van der Waals surface area contributed by atoms with Gasteiger partial charge in [-0.15, -0.1) is 0 Å². The predicted octanol–water partition coefficient (Wildman–Crippen LogP) is -3.05. The Morgan fingerprint density at radius 3 is 2.45 bits per heavy atom. The zero-order valence-corrected chi connectivity index (χ0v) is 21.6. The number of nitrogen functional groups attached to an aromatic ring is 1. The lowest BCUT2D eigenvalue weighted by atomic mass is 10.1. The number of H-pyrrole nitrogens is 2. The van der Waals surface area contributed by atoms with Gasteiger partial charge in [-0.05, 0) is 12.8 Å². The zero-order valence-electron chi connectivity index (χ0n) is 20.7. The van der Waals surface area contributed by atoms with Crippen molar-refractivity contribution < 1.29 is 38.9 Å². The molecular weight excluding hydrogens is 557 g/mol. The fraction of sp³-hybridized carbons (Fsp3) is 0.571. The monoisotopic (exact) mass is 585 g/mol. The van der Waals surface area contributed by atoms with E-state index in [1.165, 1.54) is 17.1 Å². The van der Waals surface area contributed by atoms with Crippen LogP contribution in [0.15, 0.2) is 33.0 Å². The number of phosphoric acid groups is 1. The number of fused-ring (bicyclic) bond motifs is 1. The van der Waals surface area contributed by atoms with Crippen LogP contribution in [-0.4, -0.2) is 92.0 Å². The molecule has 0 bridgehead atoms. The van der Waals surface area contributed by atoms with Crippen LogP contribution in [0.5, 0.6) is 0 Å². The van der Waals surface area contributed by atoms with E-state index < -0.39 is 86.2 Å². The van der Waals surface area contributed by atoms with Crippen molar-refractivity contribution in [3.8, 4) is 0 Å². The van der Waals surface area contributed by atoms with Gasteiger partial charge in [-0.2, -0.15) is 4.98 Å². The third-order valence-electron chi connectivity index (χ3n) is 7.47. The van der Waals surface area contributed by atoms with Crippen LogP contribution in [0.3, 0.4) is 0 Å². The number of aromatic nitrogens is 6. The first-order valence-electron chi connectivity index (χ1n) is 12.2. The minimum absolute atomic E-state index is 0.0371. The molecule has 2 aliphatic carbocycles. The molecule has 0 spiro atoms. The van der Waals surface area contributed by atoms with Gasteiger partial charge < -0.3 is 35.6 Å². The molecule has 9 atom stereocenters. The summed E-state index contributed by atoms with van der Waals surface area (Å²) in [6, 6.07) is -0.722. The van der Waals surface area contributed by atoms with Gasteiger partial charge in [0.15, 0.2) is 11.2 Å². The molecule has 0 saturated heterocycles. The highest BCUT2D eigenvalue weighted by Crippen LogP contribution is 2.51. The average molecular weight is 585 g/mol. The molecule has 0 amide bonds. The Hall–Kier alpha value is -3.22. The van der Waals surface area contributed by atoms with Crippen LogP contribution >= 0.6 is 7.82 Å². The molecule has 0 aromatic carbocycles. The first-order chi connectivity index (χ1) is 18.9. The van der Waals surface area contributed by atoms with Crippen molar-refractivity contribution in [2.24, 2.45) is 11.8 Å². The Morgan fingerprint density at radius 2 is 1.75 bits per heavy atom. The number of aromatic amines is 2. The van der Waals surface area contributed by atoms with Crippen molar-refractivity contribution in [3.05, 3.63) is 49.8 Å². The highest BCUT2D eigenvalue weighted by Gasteiger charge is 2.49. The third-order valence-corrected chi connectivity index (χ3v) is 8.45. The van der Waals surface area contributed by atoms with Crippen LogP contribution in [0.25, 0.3) is 11.2 Å². The van der Waals surface area contributed by atoms with Crippen molar-refractivity contribution in [2.45, 2.75) is 49.3 Å². The Balaban J connectivity index is 1.28. The molecule has 9 N–H and O–H groups in total. The van der Waals surface area contributed by atoms with Crippen molar-refractivity contribution >= 4 is 24.9 Å². The lowest BCUT2D eigenvalue weighted by Gasteiger charge is -2.25. The lowest BCUT2D eigenvalue weighted by molar-refractivity contribution is -0.0230. The molecule has 0 radical (unpaired) electrons. The second-order valence-electron chi connectivity index (χ2n) is 9.91. The number of nitrogens with one attached hydrogen (secondary N) is 2. The molecule has 19 heteroatoms. The summed E-state index contributed by atoms with van der Waals surface area (Å²) in [6.07, 6.45) is -3.27. The number of nitrogens with zero attached hydrogens (tertiary/aromatic N) is 4. The maximum Gasteiger partial charge on any atom is 0.472 e. The molecule has 2 aliphatic rings. The number of imidazole rings is 1. The van der Waals surface area contributed by atoms with E-state index in [0.29, 0.717) is 0 Å². The number of anilines is 1. The average Bonchev–Trinajstić information content (AvgIpc) is 3.53. The van der Waals surface area contributed by atoms with Gasteiger partial charge in [0, 0.05) is 30.7 Å². The van der Waals surface area contributed by atoms with Crippen LogP contribution < -0.4 is 22.5 Å². The second-order valence-corrected chi connectivity index (χ2v) is 11.3.